The smallest absolute Gasteiger partial charge is 0.225 e. The number of nitrogens with one attached hydrogen (secondary N) is 1. The van der Waals surface area contributed by atoms with Gasteiger partial charge < -0.3 is 10.1 Å². The topological polar surface area (TPSA) is 41.6 Å². The lowest BCUT2D eigenvalue weighted by Gasteiger charge is -2.38. The first-order valence-electron chi connectivity index (χ1n) is 9.22. The molecule has 0 aliphatic carbocycles. The number of carbonyl (C=O) groups is 1. The van der Waals surface area contributed by atoms with Crippen molar-refractivity contribution in [1.82, 2.24) is 10.2 Å². The fourth-order valence-corrected chi connectivity index (χ4v) is 2.69. The highest BCUT2D eigenvalue weighted by molar-refractivity contribution is 5.80. The molecule has 1 aromatic carbocycles. The summed E-state index contributed by atoms with van der Waals surface area (Å²) in [6, 6.07) is 8.61. The molecule has 24 heavy (non-hydrogen) atoms. The van der Waals surface area contributed by atoms with Crippen molar-refractivity contribution in [3.05, 3.63) is 29.8 Å². The minimum Gasteiger partial charge on any atom is -0.494 e. The second kappa shape index (κ2) is 9.07. The van der Waals surface area contributed by atoms with Gasteiger partial charge in [-0.25, -0.2) is 0 Å². The highest BCUT2D eigenvalue weighted by atomic mass is 16.5. The van der Waals surface area contributed by atoms with Gasteiger partial charge in [-0.15, -0.1) is 0 Å². The Morgan fingerprint density at radius 1 is 1.25 bits per heavy atom. The van der Waals surface area contributed by atoms with Gasteiger partial charge in [0.05, 0.1) is 12.5 Å². The van der Waals surface area contributed by atoms with Crippen molar-refractivity contribution in [2.24, 2.45) is 11.8 Å². The summed E-state index contributed by atoms with van der Waals surface area (Å²) >= 11 is 0. The summed E-state index contributed by atoms with van der Waals surface area (Å²) < 4.78 is 5.75. The summed E-state index contributed by atoms with van der Waals surface area (Å²) in [5.74, 6) is 1.96. The Kier molecular flexibility index (Phi) is 7.10. The number of nitrogens with zero attached hydrogens (tertiary/aromatic N) is 1. The lowest BCUT2D eigenvalue weighted by atomic mass is 9.97. The Balaban J connectivity index is 1.69. The van der Waals surface area contributed by atoms with Gasteiger partial charge in [-0.05, 0) is 43.4 Å². The maximum atomic E-state index is 12.0. The summed E-state index contributed by atoms with van der Waals surface area (Å²) in [6.45, 7) is 11.9. The molecule has 1 aliphatic heterocycles. The van der Waals surface area contributed by atoms with Crippen LogP contribution in [0, 0.1) is 11.8 Å². The van der Waals surface area contributed by atoms with Crippen molar-refractivity contribution in [1.29, 1.82) is 0 Å². The number of ether oxygens (including phenoxy) is 1. The van der Waals surface area contributed by atoms with E-state index in [1.807, 2.05) is 12.1 Å². The standard InChI is InChI=1S/C20H32N2O2/c1-5-16(4)21-20(23)18-13-22(14-18)12-17-6-8-19(9-7-17)24-11-10-15(2)3/h6-9,15-16,18H,5,10-14H2,1-4H3,(H,21,23). The van der Waals surface area contributed by atoms with Crippen LogP contribution in [0.15, 0.2) is 24.3 Å². The maximum Gasteiger partial charge on any atom is 0.225 e. The van der Waals surface area contributed by atoms with Crippen LogP contribution in [0.25, 0.3) is 0 Å². The molecule has 4 heteroatoms. The average molecular weight is 332 g/mol. The van der Waals surface area contributed by atoms with E-state index in [0.717, 1.165) is 44.8 Å². The van der Waals surface area contributed by atoms with Crippen LogP contribution in [0.5, 0.6) is 5.75 Å². The van der Waals surface area contributed by atoms with Crippen LogP contribution in [-0.4, -0.2) is 36.5 Å². The van der Waals surface area contributed by atoms with Crippen molar-refractivity contribution in [2.75, 3.05) is 19.7 Å². The van der Waals surface area contributed by atoms with Gasteiger partial charge in [0, 0.05) is 25.7 Å². The zero-order chi connectivity index (χ0) is 17.5. The fraction of sp³-hybridized carbons (Fsp3) is 0.650. The first-order chi connectivity index (χ1) is 11.5. The lowest BCUT2D eigenvalue weighted by molar-refractivity contribution is -0.131. The molecule has 0 spiro atoms. The predicted octanol–water partition coefficient (Wildman–Crippen LogP) is 3.46. The van der Waals surface area contributed by atoms with Gasteiger partial charge in [-0.3, -0.25) is 9.69 Å². The molecule has 0 bridgehead atoms. The maximum absolute atomic E-state index is 12.0. The van der Waals surface area contributed by atoms with Crippen LogP contribution in [-0.2, 0) is 11.3 Å². The molecule has 1 aliphatic rings. The molecule has 1 atom stereocenters. The third-order valence-corrected chi connectivity index (χ3v) is 4.62. The molecule has 2 rings (SSSR count). The largest absolute Gasteiger partial charge is 0.494 e. The fourth-order valence-electron chi connectivity index (χ4n) is 2.69. The summed E-state index contributed by atoms with van der Waals surface area (Å²) in [7, 11) is 0. The van der Waals surface area contributed by atoms with Crippen LogP contribution in [0.4, 0.5) is 0 Å². The third-order valence-electron chi connectivity index (χ3n) is 4.62. The summed E-state index contributed by atoms with van der Waals surface area (Å²) in [6.07, 6.45) is 2.06. The quantitative estimate of drug-likeness (QED) is 0.753. The number of likely N-dealkylation sites (tertiary alicyclic amines) is 1. The van der Waals surface area contributed by atoms with Gasteiger partial charge in [-0.2, -0.15) is 0 Å². The van der Waals surface area contributed by atoms with E-state index in [1.54, 1.807) is 0 Å². The van der Waals surface area contributed by atoms with E-state index in [-0.39, 0.29) is 17.9 Å². The van der Waals surface area contributed by atoms with Gasteiger partial charge in [0.2, 0.25) is 5.91 Å². The van der Waals surface area contributed by atoms with Crippen molar-refractivity contribution < 1.29 is 9.53 Å². The Labute approximate surface area is 146 Å². The number of hydrogen-bond donors (Lipinski definition) is 1. The van der Waals surface area contributed by atoms with E-state index in [4.69, 9.17) is 4.74 Å². The summed E-state index contributed by atoms with van der Waals surface area (Å²) in [4.78, 5) is 14.3. The average Bonchev–Trinajstić information content (AvgIpc) is 2.51. The highest BCUT2D eigenvalue weighted by Gasteiger charge is 2.32. The molecule has 0 aromatic heterocycles. The van der Waals surface area contributed by atoms with E-state index in [2.05, 4.69) is 50.0 Å². The number of benzene rings is 1. The van der Waals surface area contributed by atoms with E-state index in [1.165, 1.54) is 5.56 Å². The monoisotopic (exact) mass is 332 g/mol. The van der Waals surface area contributed by atoms with Crippen LogP contribution >= 0.6 is 0 Å². The van der Waals surface area contributed by atoms with E-state index >= 15 is 0 Å². The molecule has 1 fully saturated rings. The molecule has 0 saturated carbocycles. The molecule has 1 heterocycles. The summed E-state index contributed by atoms with van der Waals surface area (Å²) in [5, 5.41) is 3.07. The molecule has 0 radical (unpaired) electrons. The first-order valence-corrected chi connectivity index (χ1v) is 9.22. The summed E-state index contributed by atoms with van der Waals surface area (Å²) in [5.41, 5.74) is 1.27. The first kappa shape index (κ1) is 18.8. The van der Waals surface area contributed by atoms with Crippen LogP contribution < -0.4 is 10.1 Å². The van der Waals surface area contributed by atoms with Crippen molar-refractivity contribution in [2.45, 2.75) is 53.1 Å². The second-order valence-corrected chi connectivity index (χ2v) is 7.38. The zero-order valence-corrected chi connectivity index (χ0v) is 15.5. The van der Waals surface area contributed by atoms with Crippen LogP contribution in [0.1, 0.15) is 46.1 Å². The van der Waals surface area contributed by atoms with Crippen molar-refractivity contribution in [3.63, 3.8) is 0 Å². The highest BCUT2D eigenvalue weighted by Crippen LogP contribution is 2.21. The van der Waals surface area contributed by atoms with E-state index in [9.17, 15) is 4.79 Å². The molecule has 4 nitrogen and oxygen atoms in total. The molecular formula is C20H32N2O2. The molecule has 1 N–H and O–H groups in total. The molecule has 1 unspecified atom stereocenters. The Morgan fingerprint density at radius 2 is 1.92 bits per heavy atom. The Morgan fingerprint density at radius 3 is 2.50 bits per heavy atom. The third kappa shape index (κ3) is 5.82. The Hall–Kier alpha value is -1.55. The van der Waals surface area contributed by atoms with Gasteiger partial charge in [0.25, 0.3) is 0 Å². The van der Waals surface area contributed by atoms with Crippen LogP contribution in [0.2, 0.25) is 0 Å². The van der Waals surface area contributed by atoms with E-state index < -0.39 is 0 Å². The normalized spacial score (nSPS) is 16.7. The molecule has 134 valence electrons. The second-order valence-electron chi connectivity index (χ2n) is 7.38. The van der Waals surface area contributed by atoms with Gasteiger partial charge in [0.15, 0.2) is 0 Å². The number of carbonyl (C=O) groups excluding carboxylic acids is 1. The minimum atomic E-state index is 0.151. The zero-order valence-electron chi connectivity index (χ0n) is 15.5. The molecular weight excluding hydrogens is 300 g/mol. The SMILES string of the molecule is CCC(C)NC(=O)C1CN(Cc2ccc(OCCC(C)C)cc2)C1. The lowest BCUT2D eigenvalue weighted by Crippen LogP contribution is -2.54. The number of rotatable bonds is 9. The van der Waals surface area contributed by atoms with Crippen LogP contribution in [0.3, 0.4) is 0 Å². The van der Waals surface area contributed by atoms with Crippen molar-refractivity contribution in [3.8, 4) is 5.75 Å². The van der Waals surface area contributed by atoms with Gasteiger partial charge >= 0.3 is 0 Å². The van der Waals surface area contributed by atoms with Gasteiger partial charge in [-0.1, -0.05) is 32.9 Å². The molecule has 1 saturated heterocycles. The predicted molar refractivity (Wildman–Crippen MR) is 98.1 cm³/mol. The molecule has 1 aromatic rings. The minimum absolute atomic E-state index is 0.151. The number of hydrogen-bond acceptors (Lipinski definition) is 3. The Bertz CT molecular complexity index is 507. The van der Waals surface area contributed by atoms with Gasteiger partial charge in [0.1, 0.15) is 5.75 Å². The van der Waals surface area contributed by atoms with E-state index in [0.29, 0.717) is 5.92 Å². The number of amides is 1. The molecule has 1 amide bonds. The van der Waals surface area contributed by atoms with Crippen molar-refractivity contribution >= 4 is 5.91 Å².